The number of aryl methyl sites for hydroxylation is 1. The molecule has 1 amide bonds. The van der Waals surface area contributed by atoms with Gasteiger partial charge in [-0.25, -0.2) is 8.42 Å². The molecule has 2 aromatic carbocycles. The van der Waals surface area contributed by atoms with Crippen LogP contribution in [-0.2, 0) is 14.8 Å². The Kier molecular flexibility index (Phi) is 4.62. The van der Waals surface area contributed by atoms with Crippen LogP contribution in [-0.4, -0.2) is 31.7 Å². The van der Waals surface area contributed by atoms with Gasteiger partial charge in [-0.15, -0.1) is 0 Å². The number of piperazine rings is 1. The summed E-state index contributed by atoms with van der Waals surface area (Å²) in [5.74, 6) is -0.333. The Bertz CT molecular complexity index is 866. The Balaban J connectivity index is 2.08. The van der Waals surface area contributed by atoms with Crippen molar-refractivity contribution in [3.8, 4) is 0 Å². The zero-order chi connectivity index (χ0) is 17.3. The predicted octanol–water partition coefficient (Wildman–Crippen LogP) is 2.51. The summed E-state index contributed by atoms with van der Waals surface area (Å²) in [6.07, 6.45) is 0. The first-order chi connectivity index (χ1) is 11.4. The number of amides is 1. The second-order valence-electron chi connectivity index (χ2n) is 5.65. The van der Waals surface area contributed by atoms with Gasteiger partial charge >= 0.3 is 0 Å². The van der Waals surface area contributed by atoms with E-state index < -0.39 is 16.1 Å². The molecule has 7 heteroatoms. The van der Waals surface area contributed by atoms with Crippen molar-refractivity contribution in [1.29, 1.82) is 0 Å². The van der Waals surface area contributed by atoms with E-state index in [9.17, 15) is 13.2 Å². The Morgan fingerprint density at radius 3 is 2.46 bits per heavy atom. The molecule has 1 fully saturated rings. The molecule has 24 heavy (non-hydrogen) atoms. The summed E-state index contributed by atoms with van der Waals surface area (Å²) < 4.78 is 27.4. The number of carbonyl (C=O) groups is 1. The number of hydrogen-bond donors (Lipinski definition) is 1. The van der Waals surface area contributed by atoms with Crippen molar-refractivity contribution in [3.63, 3.8) is 0 Å². The van der Waals surface area contributed by atoms with Gasteiger partial charge in [0.1, 0.15) is 10.9 Å². The summed E-state index contributed by atoms with van der Waals surface area (Å²) in [4.78, 5) is 12.4. The van der Waals surface area contributed by atoms with Crippen molar-refractivity contribution in [1.82, 2.24) is 9.62 Å². The molecule has 0 aromatic heterocycles. The van der Waals surface area contributed by atoms with Crippen LogP contribution < -0.4 is 5.32 Å². The highest BCUT2D eigenvalue weighted by molar-refractivity contribution is 7.89. The van der Waals surface area contributed by atoms with Gasteiger partial charge in [-0.05, 0) is 24.6 Å². The first kappa shape index (κ1) is 17.0. The molecule has 0 spiro atoms. The van der Waals surface area contributed by atoms with E-state index in [1.807, 2.05) is 19.1 Å². The van der Waals surface area contributed by atoms with Gasteiger partial charge in [-0.2, -0.15) is 4.31 Å². The molecule has 1 atom stereocenters. The van der Waals surface area contributed by atoms with E-state index in [-0.39, 0.29) is 28.9 Å². The fourth-order valence-corrected chi connectivity index (χ4v) is 4.82. The second kappa shape index (κ2) is 6.55. The lowest BCUT2D eigenvalue weighted by Crippen LogP contribution is -2.52. The summed E-state index contributed by atoms with van der Waals surface area (Å²) in [5, 5.41) is 2.88. The summed E-state index contributed by atoms with van der Waals surface area (Å²) >= 11 is 6.07. The molecular formula is C17H17ClN2O3S. The molecule has 0 aliphatic carbocycles. The van der Waals surface area contributed by atoms with Crippen LogP contribution in [0.4, 0.5) is 0 Å². The minimum Gasteiger partial charge on any atom is -0.353 e. The highest BCUT2D eigenvalue weighted by atomic mass is 35.5. The van der Waals surface area contributed by atoms with Crippen LogP contribution in [0.1, 0.15) is 17.2 Å². The normalized spacial score (nSPS) is 19.1. The van der Waals surface area contributed by atoms with E-state index in [1.54, 1.807) is 24.3 Å². The van der Waals surface area contributed by atoms with Crippen molar-refractivity contribution >= 4 is 27.5 Å². The Labute approximate surface area is 146 Å². The predicted molar refractivity (Wildman–Crippen MR) is 92.3 cm³/mol. The molecule has 3 rings (SSSR count). The van der Waals surface area contributed by atoms with E-state index in [0.29, 0.717) is 5.56 Å². The average molecular weight is 365 g/mol. The number of sulfonamides is 1. The molecular weight excluding hydrogens is 348 g/mol. The summed E-state index contributed by atoms with van der Waals surface area (Å²) in [5.41, 5.74) is 1.67. The van der Waals surface area contributed by atoms with Crippen LogP contribution in [0.3, 0.4) is 0 Å². The number of benzene rings is 2. The molecule has 1 saturated heterocycles. The summed E-state index contributed by atoms with van der Waals surface area (Å²) in [6.45, 7) is 2.39. The lowest BCUT2D eigenvalue weighted by atomic mass is 10.0. The molecule has 0 bridgehead atoms. The molecule has 1 aliphatic heterocycles. The van der Waals surface area contributed by atoms with Crippen LogP contribution >= 0.6 is 11.6 Å². The van der Waals surface area contributed by atoms with Crippen LogP contribution in [0.25, 0.3) is 0 Å². The highest BCUT2D eigenvalue weighted by Crippen LogP contribution is 2.32. The number of nitrogens with one attached hydrogen (secondary N) is 1. The van der Waals surface area contributed by atoms with Gasteiger partial charge in [-0.1, -0.05) is 53.6 Å². The first-order valence-corrected chi connectivity index (χ1v) is 9.34. The molecule has 2 aromatic rings. The van der Waals surface area contributed by atoms with Crippen molar-refractivity contribution in [3.05, 3.63) is 64.7 Å². The van der Waals surface area contributed by atoms with Crippen LogP contribution in [0.15, 0.2) is 53.4 Å². The molecule has 126 valence electrons. The number of carbonyl (C=O) groups excluding carboxylic acids is 1. The SMILES string of the molecule is Cc1ccc(C2C(=O)NCCN2S(=O)(=O)c2ccccc2Cl)cc1. The third-order valence-corrected chi connectivity index (χ3v) is 6.35. The maximum atomic E-state index is 13.1. The maximum absolute atomic E-state index is 13.1. The third kappa shape index (κ3) is 3.05. The first-order valence-electron chi connectivity index (χ1n) is 7.52. The standard InChI is InChI=1S/C17H17ClN2O3S/c1-12-6-8-13(9-7-12)16-17(21)19-10-11-20(16)24(22,23)15-5-3-2-4-14(15)18/h2-9,16H,10-11H2,1H3,(H,19,21). The van der Waals surface area contributed by atoms with Gasteiger partial charge in [0, 0.05) is 13.1 Å². The summed E-state index contributed by atoms with van der Waals surface area (Å²) in [7, 11) is -3.89. The van der Waals surface area contributed by atoms with Crippen molar-refractivity contribution < 1.29 is 13.2 Å². The topological polar surface area (TPSA) is 66.5 Å². The van der Waals surface area contributed by atoms with Crippen molar-refractivity contribution in [2.45, 2.75) is 17.9 Å². The lowest BCUT2D eigenvalue weighted by molar-refractivity contribution is -0.126. The van der Waals surface area contributed by atoms with E-state index in [4.69, 9.17) is 11.6 Å². The molecule has 1 unspecified atom stereocenters. The summed E-state index contributed by atoms with van der Waals surface area (Å²) in [6, 6.07) is 12.6. The van der Waals surface area contributed by atoms with Gasteiger partial charge in [0.25, 0.3) is 0 Å². The zero-order valence-electron chi connectivity index (χ0n) is 13.1. The molecule has 0 saturated carbocycles. The Hall–Kier alpha value is -1.89. The van der Waals surface area contributed by atoms with Gasteiger partial charge in [0.05, 0.1) is 5.02 Å². The zero-order valence-corrected chi connectivity index (χ0v) is 14.6. The van der Waals surface area contributed by atoms with Gasteiger partial charge < -0.3 is 5.32 Å². The smallest absolute Gasteiger partial charge is 0.245 e. The number of halogens is 1. The monoisotopic (exact) mass is 364 g/mol. The fourth-order valence-electron chi connectivity index (χ4n) is 2.75. The van der Waals surface area contributed by atoms with E-state index in [1.165, 1.54) is 16.4 Å². The number of nitrogens with zero attached hydrogens (tertiary/aromatic N) is 1. The van der Waals surface area contributed by atoms with E-state index >= 15 is 0 Å². The van der Waals surface area contributed by atoms with Crippen LogP contribution in [0, 0.1) is 6.92 Å². The molecule has 1 heterocycles. The fraction of sp³-hybridized carbons (Fsp3) is 0.235. The van der Waals surface area contributed by atoms with Crippen molar-refractivity contribution in [2.24, 2.45) is 0 Å². The van der Waals surface area contributed by atoms with Crippen molar-refractivity contribution in [2.75, 3.05) is 13.1 Å². The quantitative estimate of drug-likeness (QED) is 0.910. The maximum Gasteiger partial charge on any atom is 0.245 e. The number of rotatable bonds is 3. The van der Waals surface area contributed by atoms with Gasteiger partial charge in [-0.3, -0.25) is 4.79 Å². The molecule has 0 radical (unpaired) electrons. The number of hydrogen-bond acceptors (Lipinski definition) is 3. The lowest BCUT2D eigenvalue weighted by Gasteiger charge is -2.34. The third-order valence-electron chi connectivity index (χ3n) is 3.98. The minimum atomic E-state index is -3.89. The largest absolute Gasteiger partial charge is 0.353 e. The van der Waals surface area contributed by atoms with Gasteiger partial charge in [0.15, 0.2) is 0 Å². The van der Waals surface area contributed by atoms with E-state index in [2.05, 4.69) is 5.32 Å². The minimum absolute atomic E-state index is 0.0125. The molecule has 1 N–H and O–H groups in total. The Morgan fingerprint density at radius 2 is 1.79 bits per heavy atom. The average Bonchev–Trinajstić information content (AvgIpc) is 2.56. The second-order valence-corrected chi connectivity index (χ2v) is 7.92. The Morgan fingerprint density at radius 1 is 1.12 bits per heavy atom. The van der Waals surface area contributed by atoms with Crippen LogP contribution in [0.2, 0.25) is 5.02 Å². The van der Waals surface area contributed by atoms with Gasteiger partial charge in [0.2, 0.25) is 15.9 Å². The highest BCUT2D eigenvalue weighted by Gasteiger charge is 2.40. The molecule has 5 nitrogen and oxygen atoms in total. The van der Waals surface area contributed by atoms with E-state index in [0.717, 1.165) is 5.56 Å². The molecule has 1 aliphatic rings. The van der Waals surface area contributed by atoms with Crippen LogP contribution in [0.5, 0.6) is 0 Å².